The Balaban J connectivity index is 1.46. The van der Waals surface area contributed by atoms with E-state index in [1.165, 1.54) is 6.07 Å². The van der Waals surface area contributed by atoms with Crippen molar-refractivity contribution in [2.24, 2.45) is 0 Å². The van der Waals surface area contributed by atoms with Crippen molar-refractivity contribution < 1.29 is 18.3 Å². The number of halogens is 1. The van der Waals surface area contributed by atoms with Crippen LogP contribution in [0.4, 0.5) is 4.39 Å². The Bertz CT molecular complexity index is 994. The number of nitrogens with zero attached hydrogens (tertiary/aromatic N) is 1. The zero-order chi connectivity index (χ0) is 20.9. The Hall–Kier alpha value is -3.12. The normalized spacial score (nSPS) is 15.1. The maximum Gasteiger partial charge on any atom is 0.287 e. The van der Waals surface area contributed by atoms with Crippen LogP contribution in [0.5, 0.6) is 5.75 Å². The van der Waals surface area contributed by atoms with E-state index in [9.17, 15) is 9.18 Å². The van der Waals surface area contributed by atoms with Crippen LogP contribution < -0.4 is 10.1 Å². The maximum absolute atomic E-state index is 14.0. The van der Waals surface area contributed by atoms with Crippen LogP contribution in [0.15, 0.2) is 65.1 Å². The molecular formula is C24H25FN2O3. The molecule has 2 heterocycles. The first kappa shape index (κ1) is 20.2. The third kappa shape index (κ3) is 4.39. The summed E-state index contributed by atoms with van der Waals surface area (Å²) in [6, 6.07) is 17.6. The summed E-state index contributed by atoms with van der Waals surface area (Å²) in [6.07, 6.45) is 2.32. The van der Waals surface area contributed by atoms with Crippen molar-refractivity contribution in [3.8, 4) is 17.1 Å². The number of furan rings is 1. The highest BCUT2D eigenvalue weighted by molar-refractivity contribution is 5.92. The zero-order valence-electron chi connectivity index (χ0n) is 16.9. The van der Waals surface area contributed by atoms with E-state index in [0.717, 1.165) is 37.2 Å². The third-order valence-electron chi connectivity index (χ3n) is 5.51. The summed E-state index contributed by atoms with van der Waals surface area (Å²) >= 11 is 0. The minimum absolute atomic E-state index is 0.0726. The van der Waals surface area contributed by atoms with E-state index < -0.39 is 0 Å². The molecule has 156 valence electrons. The van der Waals surface area contributed by atoms with Crippen molar-refractivity contribution in [1.82, 2.24) is 10.2 Å². The van der Waals surface area contributed by atoms with Crippen molar-refractivity contribution in [2.75, 3.05) is 26.7 Å². The number of rotatable bonds is 7. The highest BCUT2D eigenvalue weighted by Gasteiger charge is 2.25. The van der Waals surface area contributed by atoms with Crippen molar-refractivity contribution in [3.05, 3.63) is 77.8 Å². The molecule has 1 amide bonds. The van der Waals surface area contributed by atoms with Crippen molar-refractivity contribution in [2.45, 2.75) is 18.9 Å². The van der Waals surface area contributed by atoms with Gasteiger partial charge in [0.25, 0.3) is 5.91 Å². The summed E-state index contributed by atoms with van der Waals surface area (Å²) in [5.74, 6) is 0.620. The Morgan fingerprint density at radius 3 is 2.53 bits per heavy atom. The third-order valence-corrected chi connectivity index (χ3v) is 5.51. The minimum Gasteiger partial charge on any atom is -0.497 e. The number of benzene rings is 2. The van der Waals surface area contributed by atoms with Gasteiger partial charge in [0, 0.05) is 6.54 Å². The predicted octanol–water partition coefficient (Wildman–Crippen LogP) is 4.66. The Kier molecular flexibility index (Phi) is 6.14. The van der Waals surface area contributed by atoms with Gasteiger partial charge in [-0.1, -0.05) is 24.3 Å². The second-order valence-corrected chi connectivity index (χ2v) is 7.39. The average Bonchev–Trinajstić information content (AvgIpc) is 3.47. The number of likely N-dealkylation sites (tertiary alicyclic amines) is 1. The number of methoxy groups -OCH3 is 1. The smallest absolute Gasteiger partial charge is 0.287 e. The summed E-state index contributed by atoms with van der Waals surface area (Å²) in [6.45, 7) is 2.47. The van der Waals surface area contributed by atoms with Crippen LogP contribution in [0.3, 0.4) is 0 Å². The number of hydrogen-bond donors (Lipinski definition) is 1. The van der Waals surface area contributed by atoms with Crippen LogP contribution in [0.25, 0.3) is 11.3 Å². The average molecular weight is 408 g/mol. The van der Waals surface area contributed by atoms with E-state index in [4.69, 9.17) is 9.15 Å². The van der Waals surface area contributed by atoms with Gasteiger partial charge in [0.15, 0.2) is 5.76 Å². The Labute approximate surface area is 175 Å². The van der Waals surface area contributed by atoms with E-state index in [-0.39, 0.29) is 23.5 Å². The van der Waals surface area contributed by atoms with Crippen LogP contribution >= 0.6 is 0 Å². The zero-order valence-corrected chi connectivity index (χ0v) is 16.9. The van der Waals surface area contributed by atoms with E-state index in [2.05, 4.69) is 10.2 Å². The number of ether oxygens (including phenoxy) is 1. The quantitative estimate of drug-likeness (QED) is 0.618. The maximum atomic E-state index is 14.0. The second-order valence-electron chi connectivity index (χ2n) is 7.39. The van der Waals surface area contributed by atoms with Gasteiger partial charge in [0.2, 0.25) is 0 Å². The first-order valence-electron chi connectivity index (χ1n) is 10.2. The molecule has 6 heteroatoms. The van der Waals surface area contributed by atoms with Gasteiger partial charge >= 0.3 is 0 Å². The lowest BCUT2D eigenvalue weighted by Gasteiger charge is -2.28. The monoisotopic (exact) mass is 408 g/mol. The lowest BCUT2D eigenvalue weighted by molar-refractivity contribution is 0.0911. The fourth-order valence-electron chi connectivity index (χ4n) is 3.88. The van der Waals surface area contributed by atoms with Gasteiger partial charge < -0.3 is 14.5 Å². The summed E-state index contributed by atoms with van der Waals surface area (Å²) in [5.41, 5.74) is 1.47. The summed E-state index contributed by atoms with van der Waals surface area (Å²) < 4.78 is 24.9. The molecule has 1 aliphatic rings. The largest absolute Gasteiger partial charge is 0.497 e. The highest BCUT2D eigenvalue weighted by Crippen LogP contribution is 2.27. The molecule has 1 aliphatic heterocycles. The van der Waals surface area contributed by atoms with Crippen molar-refractivity contribution >= 4 is 5.91 Å². The minimum atomic E-state index is -0.382. The molecule has 1 unspecified atom stereocenters. The number of amides is 1. The van der Waals surface area contributed by atoms with Gasteiger partial charge in [-0.3, -0.25) is 9.69 Å². The van der Waals surface area contributed by atoms with Gasteiger partial charge in [-0.2, -0.15) is 0 Å². The van der Waals surface area contributed by atoms with E-state index >= 15 is 0 Å². The molecule has 3 aromatic rings. The van der Waals surface area contributed by atoms with Gasteiger partial charge in [0.05, 0.1) is 18.7 Å². The standard InChI is InChI=1S/C24H25FN2O3/c1-29-18-10-8-17(9-11-18)21(27-14-4-5-15-27)16-26-24(28)23-13-12-22(30-23)19-6-2-3-7-20(19)25/h2-3,6-13,21H,4-5,14-16H2,1H3,(H,26,28). The number of nitrogens with one attached hydrogen (secondary N) is 1. The highest BCUT2D eigenvalue weighted by atomic mass is 19.1. The first-order valence-corrected chi connectivity index (χ1v) is 10.2. The molecule has 2 aromatic carbocycles. The fraction of sp³-hybridized carbons (Fsp3) is 0.292. The lowest BCUT2D eigenvalue weighted by Crippen LogP contribution is -2.36. The van der Waals surface area contributed by atoms with Crippen LogP contribution in [-0.2, 0) is 0 Å². The molecule has 0 radical (unpaired) electrons. The molecule has 1 atom stereocenters. The molecule has 4 rings (SSSR count). The SMILES string of the molecule is COc1ccc(C(CNC(=O)c2ccc(-c3ccccc3F)o2)N2CCCC2)cc1. The molecule has 5 nitrogen and oxygen atoms in total. The molecule has 0 saturated carbocycles. The van der Waals surface area contributed by atoms with Crippen molar-refractivity contribution in [3.63, 3.8) is 0 Å². The van der Waals surface area contributed by atoms with Crippen LogP contribution in [-0.4, -0.2) is 37.6 Å². The van der Waals surface area contributed by atoms with Crippen LogP contribution in [0.2, 0.25) is 0 Å². The van der Waals surface area contributed by atoms with Crippen LogP contribution in [0.1, 0.15) is 35.0 Å². The number of carbonyl (C=O) groups excluding carboxylic acids is 1. The van der Waals surface area contributed by atoms with Gasteiger partial charge in [-0.15, -0.1) is 0 Å². The van der Waals surface area contributed by atoms with E-state index in [0.29, 0.717) is 17.9 Å². The molecule has 1 aromatic heterocycles. The Morgan fingerprint density at radius 1 is 1.10 bits per heavy atom. The van der Waals surface area contributed by atoms with Gasteiger partial charge in [-0.25, -0.2) is 4.39 Å². The van der Waals surface area contributed by atoms with Gasteiger partial charge in [-0.05, 0) is 67.9 Å². The molecule has 0 aliphatic carbocycles. The molecule has 1 saturated heterocycles. The number of carbonyl (C=O) groups is 1. The van der Waals surface area contributed by atoms with Crippen molar-refractivity contribution in [1.29, 1.82) is 0 Å². The summed E-state index contributed by atoms with van der Waals surface area (Å²) in [5, 5.41) is 2.98. The molecule has 0 spiro atoms. The topological polar surface area (TPSA) is 54.7 Å². The Morgan fingerprint density at radius 2 is 1.83 bits per heavy atom. The molecule has 1 fully saturated rings. The lowest BCUT2D eigenvalue weighted by atomic mass is 10.1. The summed E-state index contributed by atoms with van der Waals surface area (Å²) in [4.78, 5) is 15.1. The molecule has 1 N–H and O–H groups in total. The van der Waals surface area contributed by atoms with Crippen LogP contribution in [0, 0.1) is 5.82 Å². The molecule has 30 heavy (non-hydrogen) atoms. The fourth-order valence-corrected chi connectivity index (χ4v) is 3.88. The molecule has 0 bridgehead atoms. The summed E-state index contributed by atoms with van der Waals surface area (Å²) in [7, 11) is 1.64. The molecular weight excluding hydrogens is 383 g/mol. The van der Waals surface area contributed by atoms with Gasteiger partial charge in [0.1, 0.15) is 17.3 Å². The first-order chi connectivity index (χ1) is 14.7. The van der Waals surface area contributed by atoms with E-state index in [1.54, 1.807) is 37.4 Å². The van der Waals surface area contributed by atoms with E-state index in [1.807, 2.05) is 24.3 Å². The predicted molar refractivity (Wildman–Crippen MR) is 113 cm³/mol. The second kappa shape index (κ2) is 9.13. The number of hydrogen-bond acceptors (Lipinski definition) is 4.